The summed E-state index contributed by atoms with van der Waals surface area (Å²) in [5.74, 6) is 1.81. The Balaban J connectivity index is 2.52. The Morgan fingerprint density at radius 3 is 3.00 bits per heavy atom. The minimum Gasteiger partial charge on any atom is -0.249 e. The zero-order valence-corrected chi connectivity index (χ0v) is 6.45. The summed E-state index contributed by atoms with van der Waals surface area (Å²) in [6.07, 6.45) is 2.31. The normalized spacial score (nSPS) is 13.8. The number of hydrogen-bond donors (Lipinski definition) is 0. The SMILES string of the molecule is O=C=C1Cc2ccccc2C=N1. The molecule has 0 radical (unpaired) electrons. The Morgan fingerprint density at radius 1 is 1.33 bits per heavy atom. The van der Waals surface area contributed by atoms with Crippen LogP contribution in [-0.4, -0.2) is 12.2 Å². The average Bonchev–Trinajstić information content (AvgIpc) is 2.17. The highest BCUT2D eigenvalue weighted by Gasteiger charge is 2.07. The predicted octanol–water partition coefficient (Wildman–Crippen LogP) is 1.38. The molecule has 0 fully saturated rings. The smallest absolute Gasteiger partial charge is 0.148 e. The van der Waals surface area contributed by atoms with Crippen molar-refractivity contribution in [1.29, 1.82) is 0 Å². The lowest BCUT2D eigenvalue weighted by Crippen LogP contribution is -2.01. The maximum absolute atomic E-state index is 10.3. The van der Waals surface area contributed by atoms with Crippen LogP contribution in [0.15, 0.2) is 35.0 Å². The van der Waals surface area contributed by atoms with Crippen LogP contribution in [0.3, 0.4) is 0 Å². The van der Waals surface area contributed by atoms with Crippen LogP contribution < -0.4 is 0 Å². The van der Waals surface area contributed by atoms with E-state index >= 15 is 0 Å². The van der Waals surface area contributed by atoms with Gasteiger partial charge in [-0.1, -0.05) is 24.3 Å². The van der Waals surface area contributed by atoms with Crippen molar-refractivity contribution >= 4 is 12.2 Å². The third kappa shape index (κ3) is 1.09. The maximum Gasteiger partial charge on any atom is 0.148 e. The first kappa shape index (κ1) is 7.01. The van der Waals surface area contributed by atoms with Crippen LogP contribution in [-0.2, 0) is 11.2 Å². The van der Waals surface area contributed by atoms with Crippen molar-refractivity contribution in [2.24, 2.45) is 4.99 Å². The van der Waals surface area contributed by atoms with Gasteiger partial charge in [0.05, 0.1) is 0 Å². The fourth-order valence-corrected chi connectivity index (χ4v) is 1.26. The molecule has 0 amide bonds. The van der Waals surface area contributed by atoms with Crippen LogP contribution in [0, 0.1) is 0 Å². The largest absolute Gasteiger partial charge is 0.249 e. The van der Waals surface area contributed by atoms with Gasteiger partial charge in [-0.25, -0.2) is 9.79 Å². The van der Waals surface area contributed by atoms with Gasteiger partial charge >= 0.3 is 0 Å². The van der Waals surface area contributed by atoms with Gasteiger partial charge in [0.1, 0.15) is 11.6 Å². The van der Waals surface area contributed by atoms with E-state index in [1.54, 1.807) is 6.21 Å². The minimum absolute atomic E-state index is 0.480. The first-order valence-corrected chi connectivity index (χ1v) is 3.76. The number of hydrogen-bond acceptors (Lipinski definition) is 2. The molecule has 2 rings (SSSR count). The molecule has 1 aliphatic rings. The molecule has 2 nitrogen and oxygen atoms in total. The fraction of sp³-hybridized carbons (Fsp3) is 0.100. The molecule has 0 N–H and O–H groups in total. The number of rotatable bonds is 0. The highest BCUT2D eigenvalue weighted by Crippen LogP contribution is 2.15. The van der Waals surface area contributed by atoms with Gasteiger partial charge in [0.15, 0.2) is 0 Å². The van der Waals surface area contributed by atoms with Gasteiger partial charge in [-0.15, -0.1) is 0 Å². The number of fused-ring (bicyclic) bond motifs is 1. The van der Waals surface area contributed by atoms with Crippen LogP contribution in [0.2, 0.25) is 0 Å². The number of benzene rings is 1. The van der Waals surface area contributed by atoms with Crippen molar-refractivity contribution < 1.29 is 4.79 Å². The molecule has 58 valence electrons. The van der Waals surface area contributed by atoms with Crippen molar-refractivity contribution in [3.05, 3.63) is 41.1 Å². The summed E-state index contributed by atoms with van der Waals surface area (Å²) in [5.41, 5.74) is 2.72. The molecule has 12 heavy (non-hydrogen) atoms. The number of aliphatic imine (C=N–C) groups is 1. The first-order valence-electron chi connectivity index (χ1n) is 3.76. The summed E-state index contributed by atoms with van der Waals surface area (Å²) in [6, 6.07) is 7.90. The third-order valence-corrected chi connectivity index (χ3v) is 1.89. The van der Waals surface area contributed by atoms with Crippen LogP contribution >= 0.6 is 0 Å². The molecule has 0 aromatic heterocycles. The zero-order valence-electron chi connectivity index (χ0n) is 6.45. The summed E-state index contributed by atoms with van der Waals surface area (Å²) in [4.78, 5) is 14.3. The Hall–Kier alpha value is -1.66. The summed E-state index contributed by atoms with van der Waals surface area (Å²) < 4.78 is 0. The molecular weight excluding hydrogens is 150 g/mol. The highest BCUT2D eigenvalue weighted by atomic mass is 16.1. The Kier molecular flexibility index (Phi) is 1.61. The van der Waals surface area contributed by atoms with Gasteiger partial charge in [0.25, 0.3) is 0 Å². The van der Waals surface area contributed by atoms with Gasteiger partial charge in [-0.3, -0.25) is 0 Å². The van der Waals surface area contributed by atoms with Crippen molar-refractivity contribution in [2.45, 2.75) is 6.42 Å². The molecule has 2 heteroatoms. The zero-order chi connectivity index (χ0) is 8.39. The van der Waals surface area contributed by atoms with Gasteiger partial charge in [0, 0.05) is 12.6 Å². The topological polar surface area (TPSA) is 29.4 Å². The fourth-order valence-electron chi connectivity index (χ4n) is 1.26. The van der Waals surface area contributed by atoms with Crippen LogP contribution in [0.5, 0.6) is 0 Å². The van der Waals surface area contributed by atoms with Gasteiger partial charge in [-0.2, -0.15) is 0 Å². The lowest BCUT2D eigenvalue weighted by molar-refractivity contribution is 0.566. The Bertz CT molecular complexity index is 387. The minimum atomic E-state index is 0.480. The Labute approximate surface area is 70.3 Å². The summed E-state index contributed by atoms with van der Waals surface area (Å²) in [6.45, 7) is 0. The second-order valence-corrected chi connectivity index (χ2v) is 2.68. The van der Waals surface area contributed by atoms with Gasteiger partial charge in [-0.05, 0) is 11.1 Å². The molecule has 0 atom stereocenters. The standard InChI is InChI=1S/C10H7NO/c12-7-10-5-8-3-1-2-4-9(8)6-11-10/h1-4,6H,5H2. The van der Waals surface area contributed by atoms with Crippen molar-refractivity contribution in [3.63, 3.8) is 0 Å². The van der Waals surface area contributed by atoms with E-state index < -0.39 is 0 Å². The van der Waals surface area contributed by atoms with Crippen LogP contribution in [0.1, 0.15) is 11.1 Å². The van der Waals surface area contributed by atoms with E-state index in [0.717, 1.165) is 11.1 Å². The second-order valence-electron chi connectivity index (χ2n) is 2.68. The molecule has 0 aliphatic carbocycles. The van der Waals surface area contributed by atoms with E-state index in [0.29, 0.717) is 12.1 Å². The summed E-state index contributed by atoms with van der Waals surface area (Å²) in [7, 11) is 0. The number of allylic oxidation sites excluding steroid dienone is 1. The summed E-state index contributed by atoms with van der Waals surface area (Å²) >= 11 is 0. The van der Waals surface area contributed by atoms with E-state index in [4.69, 9.17) is 0 Å². The van der Waals surface area contributed by atoms with Crippen molar-refractivity contribution in [3.8, 4) is 0 Å². The number of carbonyl (C=O) groups excluding carboxylic acids is 1. The molecule has 0 saturated heterocycles. The third-order valence-electron chi connectivity index (χ3n) is 1.89. The maximum atomic E-state index is 10.3. The molecule has 0 saturated carbocycles. The monoisotopic (exact) mass is 157 g/mol. The van der Waals surface area contributed by atoms with Gasteiger partial charge < -0.3 is 0 Å². The van der Waals surface area contributed by atoms with E-state index in [1.165, 1.54) is 0 Å². The highest BCUT2D eigenvalue weighted by molar-refractivity contribution is 5.85. The van der Waals surface area contributed by atoms with E-state index in [-0.39, 0.29) is 0 Å². The van der Waals surface area contributed by atoms with Crippen molar-refractivity contribution in [1.82, 2.24) is 0 Å². The average molecular weight is 157 g/mol. The van der Waals surface area contributed by atoms with Crippen LogP contribution in [0.25, 0.3) is 0 Å². The lowest BCUT2D eigenvalue weighted by atomic mass is 10.0. The summed E-state index contributed by atoms with van der Waals surface area (Å²) in [5, 5.41) is 0. The predicted molar refractivity (Wildman–Crippen MR) is 46.9 cm³/mol. The van der Waals surface area contributed by atoms with E-state index in [1.807, 2.05) is 30.2 Å². The van der Waals surface area contributed by atoms with E-state index in [9.17, 15) is 4.79 Å². The molecule has 1 aromatic rings. The molecule has 0 bridgehead atoms. The quantitative estimate of drug-likeness (QED) is 0.523. The van der Waals surface area contributed by atoms with Crippen molar-refractivity contribution in [2.75, 3.05) is 0 Å². The Morgan fingerprint density at radius 2 is 2.17 bits per heavy atom. The molecule has 1 aliphatic heterocycles. The molecule has 1 heterocycles. The number of nitrogens with zero attached hydrogens (tertiary/aromatic N) is 1. The van der Waals surface area contributed by atoms with E-state index in [2.05, 4.69) is 4.99 Å². The van der Waals surface area contributed by atoms with Crippen LogP contribution in [0.4, 0.5) is 0 Å². The first-order chi connectivity index (χ1) is 5.90. The molecule has 0 unspecified atom stereocenters. The van der Waals surface area contributed by atoms with Gasteiger partial charge in [0.2, 0.25) is 0 Å². The molecular formula is C10H7NO. The molecule has 0 spiro atoms. The second kappa shape index (κ2) is 2.76. The lowest BCUT2D eigenvalue weighted by Gasteiger charge is -2.08. The molecule has 1 aromatic carbocycles.